The number of rotatable bonds is 4. The van der Waals surface area contributed by atoms with Crippen molar-refractivity contribution < 1.29 is 14.9 Å². The molecule has 2 atom stereocenters. The first kappa shape index (κ1) is 13.4. The Balaban J connectivity index is 3.13. The number of anilines is 1. The van der Waals surface area contributed by atoms with Gasteiger partial charge >= 0.3 is 0 Å². The van der Waals surface area contributed by atoms with E-state index in [1.165, 1.54) is 19.2 Å². The molecule has 4 N–H and O–H groups in total. The molecule has 1 rings (SSSR count). The van der Waals surface area contributed by atoms with E-state index in [2.05, 4.69) is 12.6 Å². The van der Waals surface area contributed by atoms with Crippen LogP contribution in [0.4, 0.5) is 5.69 Å². The molecular formula is C10H14ClNO3S. The van der Waals surface area contributed by atoms with Crippen LogP contribution in [0.5, 0.6) is 5.75 Å². The van der Waals surface area contributed by atoms with E-state index >= 15 is 0 Å². The molecule has 0 saturated heterocycles. The van der Waals surface area contributed by atoms with Crippen molar-refractivity contribution in [1.82, 2.24) is 0 Å². The highest BCUT2D eigenvalue weighted by atomic mass is 35.5. The molecule has 0 radical (unpaired) electrons. The fraction of sp³-hybridized carbons (Fsp3) is 0.400. The van der Waals surface area contributed by atoms with Gasteiger partial charge in [0.1, 0.15) is 11.9 Å². The maximum atomic E-state index is 9.80. The van der Waals surface area contributed by atoms with Crippen molar-refractivity contribution in [2.24, 2.45) is 0 Å². The highest BCUT2D eigenvalue weighted by Crippen LogP contribution is 2.33. The van der Waals surface area contributed by atoms with Gasteiger partial charge in [-0.3, -0.25) is 0 Å². The Hall–Kier alpha value is -0.620. The average molecular weight is 264 g/mol. The molecule has 1 aromatic rings. The molecule has 0 heterocycles. The van der Waals surface area contributed by atoms with Gasteiger partial charge in [0, 0.05) is 16.3 Å². The Morgan fingerprint density at radius 2 is 2.12 bits per heavy atom. The molecule has 2 unspecified atom stereocenters. The molecule has 6 heteroatoms. The molecule has 0 aliphatic rings. The van der Waals surface area contributed by atoms with Crippen molar-refractivity contribution >= 4 is 29.9 Å². The number of halogens is 1. The summed E-state index contributed by atoms with van der Waals surface area (Å²) >= 11 is 9.82. The number of nitrogens with two attached hydrogens (primary N) is 1. The first-order chi connectivity index (χ1) is 7.51. The summed E-state index contributed by atoms with van der Waals surface area (Å²) in [7, 11) is 1.46. The fourth-order valence-corrected chi connectivity index (χ4v) is 1.78. The number of ether oxygens (including phenoxy) is 1. The lowest BCUT2D eigenvalue weighted by Gasteiger charge is -2.18. The Kier molecular flexibility index (Phi) is 4.73. The summed E-state index contributed by atoms with van der Waals surface area (Å²) in [5.74, 6) is 0.536. The van der Waals surface area contributed by atoms with E-state index in [1.807, 2.05) is 0 Å². The molecule has 0 aromatic heterocycles. The maximum absolute atomic E-state index is 9.80. The van der Waals surface area contributed by atoms with Gasteiger partial charge < -0.3 is 20.7 Å². The summed E-state index contributed by atoms with van der Waals surface area (Å²) in [6.45, 7) is 0. The van der Waals surface area contributed by atoms with Crippen molar-refractivity contribution in [1.29, 1.82) is 0 Å². The second-order valence-electron chi connectivity index (χ2n) is 3.31. The number of hydrogen-bond donors (Lipinski definition) is 4. The minimum Gasteiger partial charge on any atom is -0.495 e. The van der Waals surface area contributed by atoms with Gasteiger partial charge in [-0.15, -0.1) is 0 Å². The average Bonchev–Trinajstić information content (AvgIpc) is 2.27. The molecule has 0 saturated carbocycles. The number of thiol groups is 1. The molecule has 4 nitrogen and oxygen atoms in total. The molecule has 0 fully saturated rings. The van der Waals surface area contributed by atoms with Gasteiger partial charge in [-0.05, 0) is 12.1 Å². The van der Waals surface area contributed by atoms with Crippen LogP contribution in [0.25, 0.3) is 0 Å². The Bertz CT molecular complexity index is 375. The normalized spacial score (nSPS) is 14.6. The third-order valence-electron chi connectivity index (χ3n) is 2.22. The summed E-state index contributed by atoms with van der Waals surface area (Å²) in [5, 5.41) is 19.6. The van der Waals surface area contributed by atoms with Gasteiger partial charge in [0.15, 0.2) is 0 Å². The van der Waals surface area contributed by atoms with E-state index in [0.29, 0.717) is 17.0 Å². The molecule has 0 aliphatic heterocycles. The lowest BCUT2D eigenvalue weighted by Crippen LogP contribution is -2.20. The van der Waals surface area contributed by atoms with Crippen molar-refractivity contribution in [3.8, 4) is 5.75 Å². The van der Waals surface area contributed by atoms with E-state index in [1.54, 1.807) is 0 Å². The van der Waals surface area contributed by atoms with Gasteiger partial charge in [-0.1, -0.05) is 11.6 Å². The Morgan fingerprint density at radius 3 is 2.62 bits per heavy atom. The van der Waals surface area contributed by atoms with Crippen LogP contribution in [0.15, 0.2) is 12.1 Å². The smallest absolute Gasteiger partial charge is 0.142 e. The molecule has 16 heavy (non-hydrogen) atoms. The van der Waals surface area contributed by atoms with Crippen LogP contribution in [0.3, 0.4) is 0 Å². The zero-order chi connectivity index (χ0) is 12.3. The fourth-order valence-electron chi connectivity index (χ4n) is 1.30. The van der Waals surface area contributed by atoms with Crippen LogP contribution in [-0.2, 0) is 0 Å². The van der Waals surface area contributed by atoms with E-state index < -0.39 is 12.2 Å². The number of hydrogen-bond acceptors (Lipinski definition) is 5. The highest BCUT2D eigenvalue weighted by molar-refractivity contribution is 7.80. The van der Waals surface area contributed by atoms with Gasteiger partial charge in [-0.2, -0.15) is 12.6 Å². The van der Waals surface area contributed by atoms with Gasteiger partial charge in [0.25, 0.3) is 0 Å². The summed E-state index contributed by atoms with van der Waals surface area (Å²) < 4.78 is 5.01. The van der Waals surface area contributed by atoms with Crippen LogP contribution in [0, 0.1) is 0 Å². The largest absolute Gasteiger partial charge is 0.495 e. The third kappa shape index (κ3) is 2.74. The van der Waals surface area contributed by atoms with Gasteiger partial charge in [0.2, 0.25) is 0 Å². The molecule has 90 valence electrons. The number of aliphatic hydroxyl groups is 2. The van der Waals surface area contributed by atoms with Gasteiger partial charge in [-0.25, -0.2) is 0 Å². The molecule has 1 aromatic carbocycles. The second-order valence-corrected chi connectivity index (χ2v) is 4.08. The van der Waals surface area contributed by atoms with Crippen LogP contribution >= 0.6 is 24.2 Å². The minimum absolute atomic E-state index is 0.129. The quantitative estimate of drug-likeness (QED) is 0.487. The van der Waals surface area contributed by atoms with E-state index in [0.717, 1.165) is 0 Å². The van der Waals surface area contributed by atoms with E-state index in [4.69, 9.17) is 22.1 Å². The molecular weight excluding hydrogens is 250 g/mol. The van der Waals surface area contributed by atoms with Crippen LogP contribution in [0.2, 0.25) is 5.02 Å². The summed E-state index contributed by atoms with van der Waals surface area (Å²) in [4.78, 5) is 0. The molecule has 0 bridgehead atoms. The van der Waals surface area contributed by atoms with Crippen LogP contribution < -0.4 is 10.5 Å². The lowest BCUT2D eigenvalue weighted by molar-refractivity contribution is 0.0337. The number of aliphatic hydroxyl groups excluding tert-OH is 2. The lowest BCUT2D eigenvalue weighted by atomic mass is 10.0. The Morgan fingerprint density at radius 1 is 1.50 bits per heavy atom. The summed E-state index contributed by atoms with van der Waals surface area (Å²) in [5.41, 5.74) is 6.39. The molecule has 0 aliphatic carbocycles. The van der Waals surface area contributed by atoms with E-state index in [9.17, 15) is 10.2 Å². The zero-order valence-corrected chi connectivity index (χ0v) is 10.4. The predicted octanol–water partition coefficient (Wildman–Crippen LogP) is 1.25. The van der Waals surface area contributed by atoms with Crippen molar-refractivity contribution in [3.05, 3.63) is 22.7 Å². The van der Waals surface area contributed by atoms with Gasteiger partial charge in [0.05, 0.1) is 18.9 Å². The topological polar surface area (TPSA) is 75.7 Å². The standard InChI is InChI=1S/C10H14ClNO3S/c1-15-9-2-5(6(11)3-7(9)12)10(14)8(13)4-16/h2-3,8,10,13-14,16H,4,12H2,1H3. The highest BCUT2D eigenvalue weighted by Gasteiger charge is 2.21. The summed E-state index contributed by atoms with van der Waals surface area (Å²) in [6, 6.07) is 2.99. The maximum Gasteiger partial charge on any atom is 0.142 e. The first-order valence-corrected chi connectivity index (χ1v) is 5.62. The van der Waals surface area contributed by atoms with Crippen molar-refractivity contribution in [2.75, 3.05) is 18.6 Å². The third-order valence-corrected chi connectivity index (χ3v) is 2.92. The van der Waals surface area contributed by atoms with E-state index in [-0.39, 0.29) is 10.8 Å². The molecule has 0 spiro atoms. The Labute approximate surface area is 104 Å². The number of nitrogen functional groups attached to an aromatic ring is 1. The zero-order valence-electron chi connectivity index (χ0n) is 8.72. The first-order valence-electron chi connectivity index (χ1n) is 4.61. The van der Waals surface area contributed by atoms with Crippen molar-refractivity contribution in [3.63, 3.8) is 0 Å². The van der Waals surface area contributed by atoms with Crippen molar-refractivity contribution in [2.45, 2.75) is 12.2 Å². The molecule has 0 amide bonds. The monoisotopic (exact) mass is 263 g/mol. The minimum atomic E-state index is -1.11. The number of benzene rings is 1. The predicted molar refractivity (Wildman–Crippen MR) is 67.2 cm³/mol. The van der Waals surface area contributed by atoms with Crippen LogP contribution in [0.1, 0.15) is 11.7 Å². The van der Waals surface area contributed by atoms with Crippen LogP contribution in [-0.4, -0.2) is 29.2 Å². The second kappa shape index (κ2) is 5.63. The summed E-state index contributed by atoms with van der Waals surface area (Å²) in [6.07, 6.45) is -2.10. The SMILES string of the molecule is COc1cc(C(O)C(O)CS)c(Cl)cc1N. The number of methoxy groups -OCH3 is 1.